The molecule has 1 aliphatic heterocycles. The summed E-state index contributed by atoms with van der Waals surface area (Å²) >= 11 is 3.39. The molecule has 0 unspecified atom stereocenters. The fourth-order valence-corrected chi connectivity index (χ4v) is 2.33. The Kier molecular flexibility index (Phi) is 3.54. The van der Waals surface area contributed by atoms with Crippen LogP contribution in [0.5, 0.6) is 0 Å². The molecule has 0 saturated carbocycles. The van der Waals surface area contributed by atoms with Gasteiger partial charge in [0, 0.05) is 16.2 Å². The Labute approximate surface area is 125 Å². The molecular formula is C15H13BrN2O2. The van der Waals surface area contributed by atoms with E-state index in [1.807, 2.05) is 31.2 Å². The largest absolute Gasteiger partial charge is 0.372 e. The molecule has 1 amide bonds. The normalized spacial score (nSPS) is 13.1. The fraction of sp³-hybridized carbons (Fsp3) is 0.200. The van der Waals surface area contributed by atoms with Crippen molar-refractivity contribution in [2.45, 2.75) is 20.1 Å². The van der Waals surface area contributed by atoms with E-state index >= 15 is 0 Å². The van der Waals surface area contributed by atoms with Crippen LogP contribution in [-0.2, 0) is 18.0 Å². The summed E-state index contributed by atoms with van der Waals surface area (Å²) < 4.78 is 6.27. The van der Waals surface area contributed by atoms with Gasteiger partial charge in [-0.15, -0.1) is 0 Å². The van der Waals surface area contributed by atoms with Crippen LogP contribution >= 0.6 is 15.9 Å². The number of nitrogens with zero attached hydrogens (tertiary/aromatic N) is 1. The minimum Gasteiger partial charge on any atom is -0.372 e. The SMILES string of the molecule is Cc1cc(NC(=O)c2ccc3c(c2)COC3)ncc1Br. The predicted molar refractivity (Wildman–Crippen MR) is 79.6 cm³/mol. The van der Waals surface area contributed by atoms with E-state index < -0.39 is 0 Å². The minimum atomic E-state index is -0.158. The Bertz CT molecular complexity index is 686. The van der Waals surface area contributed by atoms with Crippen LogP contribution in [0.3, 0.4) is 0 Å². The number of rotatable bonds is 2. The van der Waals surface area contributed by atoms with Crippen molar-refractivity contribution in [2.75, 3.05) is 5.32 Å². The molecule has 1 aliphatic rings. The number of anilines is 1. The number of ether oxygens (including phenoxy) is 1. The first-order valence-corrected chi connectivity index (χ1v) is 7.06. The Morgan fingerprint density at radius 1 is 1.30 bits per heavy atom. The maximum atomic E-state index is 12.2. The lowest BCUT2D eigenvalue weighted by molar-refractivity contribution is 0.102. The lowest BCUT2D eigenvalue weighted by Crippen LogP contribution is -2.13. The number of carbonyl (C=O) groups excluding carboxylic acids is 1. The molecule has 1 aromatic heterocycles. The van der Waals surface area contributed by atoms with Gasteiger partial charge in [-0.2, -0.15) is 0 Å². The predicted octanol–water partition coefficient (Wildman–Crippen LogP) is 3.44. The van der Waals surface area contributed by atoms with E-state index in [0.717, 1.165) is 21.2 Å². The molecule has 4 nitrogen and oxygen atoms in total. The second kappa shape index (κ2) is 5.34. The molecule has 3 rings (SSSR count). The van der Waals surface area contributed by atoms with Crippen LogP contribution in [0.15, 0.2) is 34.9 Å². The molecule has 1 N–H and O–H groups in total. The summed E-state index contributed by atoms with van der Waals surface area (Å²) in [6.07, 6.45) is 1.68. The number of fused-ring (bicyclic) bond motifs is 1. The van der Waals surface area contributed by atoms with Crippen molar-refractivity contribution < 1.29 is 9.53 Å². The van der Waals surface area contributed by atoms with E-state index in [0.29, 0.717) is 24.6 Å². The smallest absolute Gasteiger partial charge is 0.256 e. The highest BCUT2D eigenvalue weighted by molar-refractivity contribution is 9.10. The highest BCUT2D eigenvalue weighted by atomic mass is 79.9. The number of benzene rings is 1. The van der Waals surface area contributed by atoms with Crippen molar-refractivity contribution in [3.05, 3.63) is 57.2 Å². The molecule has 2 heterocycles. The zero-order valence-corrected chi connectivity index (χ0v) is 12.5. The van der Waals surface area contributed by atoms with Crippen molar-refractivity contribution in [2.24, 2.45) is 0 Å². The van der Waals surface area contributed by atoms with Crippen LogP contribution in [-0.4, -0.2) is 10.9 Å². The van der Waals surface area contributed by atoms with E-state index in [4.69, 9.17) is 4.74 Å². The first kappa shape index (κ1) is 13.3. The maximum Gasteiger partial charge on any atom is 0.256 e. The van der Waals surface area contributed by atoms with Gasteiger partial charge < -0.3 is 10.1 Å². The zero-order valence-electron chi connectivity index (χ0n) is 10.9. The summed E-state index contributed by atoms with van der Waals surface area (Å²) in [6, 6.07) is 7.47. The van der Waals surface area contributed by atoms with Crippen LogP contribution in [0.25, 0.3) is 0 Å². The van der Waals surface area contributed by atoms with Crippen LogP contribution in [0.2, 0.25) is 0 Å². The Morgan fingerprint density at radius 3 is 2.90 bits per heavy atom. The van der Waals surface area contributed by atoms with Gasteiger partial charge in [-0.1, -0.05) is 6.07 Å². The third-order valence-corrected chi connectivity index (χ3v) is 4.10. The third kappa shape index (κ3) is 2.59. The second-order valence-corrected chi connectivity index (χ2v) is 5.60. The average Bonchev–Trinajstić information content (AvgIpc) is 2.90. The summed E-state index contributed by atoms with van der Waals surface area (Å²) in [4.78, 5) is 16.4. The Morgan fingerprint density at radius 2 is 2.10 bits per heavy atom. The van der Waals surface area contributed by atoms with Crippen molar-refractivity contribution in [1.29, 1.82) is 0 Å². The monoisotopic (exact) mass is 332 g/mol. The van der Waals surface area contributed by atoms with E-state index in [2.05, 4.69) is 26.2 Å². The molecule has 0 fully saturated rings. The highest BCUT2D eigenvalue weighted by Gasteiger charge is 2.14. The van der Waals surface area contributed by atoms with E-state index in [1.54, 1.807) is 6.20 Å². The van der Waals surface area contributed by atoms with Crippen LogP contribution in [0, 0.1) is 6.92 Å². The van der Waals surface area contributed by atoms with Gasteiger partial charge in [-0.25, -0.2) is 4.98 Å². The van der Waals surface area contributed by atoms with Gasteiger partial charge in [-0.05, 0) is 57.7 Å². The van der Waals surface area contributed by atoms with E-state index in [1.165, 1.54) is 0 Å². The number of nitrogens with one attached hydrogen (secondary N) is 1. The molecule has 5 heteroatoms. The van der Waals surface area contributed by atoms with Crippen molar-refractivity contribution in [3.63, 3.8) is 0 Å². The summed E-state index contributed by atoms with van der Waals surface area (Å²) in [5.74, 6) is 0.390. The number of hydrogen-bond acceptors (Lipinski definition) is 3. The number of hydrogen-bond donors (Lipinski definition) is 1. The first-order valence-electron chi connectivity index (χ1n) is 6.26. The number of pyridine rings is 1. The summed E-state index contributed by atoms with van der Waals surface area (Å²) in [5, 5.41) is 2.81. The topological polar surface area (TPSA) is 51.2 Å². The maximum absolute atomic E-state index is 12.2. The van der Waals surface area contributed by atoms with Gasteiger partial charge in [0.05, 0.1) is 13.2 Å². The Balaban J connectivity index is 1.80. The second-order valence-electron chi connectivity index (χ2n) is 4.75. The summed E-state index contributed by atoms with van der Waals surface area (Å²) in [6.45, 7) is 3.16. The number of amides is 1. The minimum absolute atomic E-state index is 0.158. The molecular weight excluding hydrogens is 320 g/mol. The first-order chi connectivity index (χ1) is 9.63. The molecule has 0 spiro atoms. The van der Waals surface area contributed by atoms with Crippen molar-refractivity contribution in [1.82, 2.24) is 4.98 Å². The molecule has 0 bridgehead atoms. The molecule has 2 aromatic rings. The van der Waals surface area contributed by atoms with Gasteiger partial charge in [0.15, 0.2) is 0 Å². The quantitative estimate of drug-likeness (QED) is 0.916. The van der Waals surface area contributed by atoms with E-state index in [-0.39, 0.29) is 5.91 Å². The number of halogens is 1. The molecule has 1 aromatic carbocycles. The van der Waals surface area contributed by atoms with Gasteiger partial charge in [0.2, 0.25) is 0 Å². The standard InChI is InChI=1S/C15H13BrN2O2/c1-9-4-14(17-6-13(9)16)18-15(19)10-2-3-11-7-20-8-12(11)5-10/h2-6H,7-8H2,1H3,(H,17,18,19). The summed E-state index contributed by atoms with van der Waals surface area (Å²) in [7, 11) is 0. The molecule has 20 heavy (non-hydrogen) atoms. The van der Waals surface area contributed by atoms with Gasteiger partial charge in [0.25, 0.3) is 5.91 Å². The zero-order chi connectivity index (χ0) is 14.1. The van der Waals surface area contributed by atoms with E-state index in [9.17, 15) is 4.79 Å². The third-order valence-electron chi connectivity index (χ3n) is 3.27. The number of aromatic nitrogens is 1. The van der Waals surface area contributed by atoms with Crippen LogP contribution < -0.4 is 5.32 Å². The van der Waals surface area contributed by atoms with Crippen molar-refractivity contribution in [3.8, 4) is 0 Å². The molecule has 0 aliphatic carbocycles. The highest BCUT2D eigenvalue weighted by Crippen LogP contribution is 2.22. The number of aryl methyl sites for hydroxylation is 1. The number of carbonyl (C=O) groups is 1. The molecule has 0 saturated heterocycles. The fourth-order valence-electron chi connectivity index (χ4n) is 2.11. The van der Waals surface area contributed by atoms with Crippen molar-refractivity contribution >= 4 is 27.7 Å². The average molecular weight is 333 g/mol. The van der Waals surface area contributed by atoms with Gasteiger partial charge >= 0.3 is 0 Å². The van der Waals surface area contributed by atoms with Crippen LogP contribution in [0.4, 0.5) is 5.82 Å². The molecule has 0 atom stereocenters. The lowest BCUT2D eigenvalue weighted by Gasteiger charge is -2.07. The van der Waals surface area contributed by atoms with Crippen LogP contribution in [0.1, 0.15) is 27.0 Å². The Hall–Kier alpha value is -1.72. The lowest BCUT2D eigenvalue weighted by atomic mass is 10.1. The summed E-state index contributed by atoms with van der Waals surface area (Å²) in [5.41, 5.74) is 3.88. The molecule has 102 valence electrons. The van der Waals surface area contributed by atoms with Gasteiger partial charge in [0.1, 0.15) is 5.82 Å². The van der Waals surface area contributed by atoms with Gasteiger partial charge in [-0.3, -0.25) is 4.79 Å². The molecule has 0 radical (unpaired) electrons.